The van der Waals surface area contributed by atoms with E-state index in [0.29, 0.717) is 6.54 Å². The van der Waals surface area contributed by atoms with Crippen LogP contribution in [-0.2, 0) is 6.54 Å². The number of ether oxygens (including phenoxy) is 1. The van der Waals surface area contributed by atoms with Crippen molar-refractivity contribution in [3.05, 3.63) is 69.1 Å². The second-order valence-electron chi connectivity index (χ2n) is 4.75. The molecule has 0 unspecified atom stereocenters. The van der Waals surface area contributed by atoms with Crippen molar-refractivity contribution in [3.8, 4) is 11.5 Å². The third kappa shape index (κ3) is 3.46. The van der Waals surface area contributed by atoms with Crippen LogP contribution in [0.2, 0.25) is 0 Å². The lowest BCUT2D eigenvalue weighted by Crippen LogP contribution is -1.96. The molecule has 0 radical (unpaired) electrons. The Morgan fingerprint density at radius 1 is 0.762 bits per heavy atom. The van der Waals surface area contributed by atoms with Gasteiger partial charge in [0.05, 0.1) is 0 Å². The number of rotatable bonds is 3. The van der Waals surface area contributed by atoms with Crippen LogP contribution in [-0.4, -0.2) is 0 Å². The third-order valence-electron chi connectivity index (χ3n) is 3.18. The van der Waals surface area contributed by atoms with E-state index in [0.717, 1.165) is 31.4 Å². The zero-order valence-corrected chi connectivity index (χ0v) is 14.3. The fraction of sp³-hybridized carbons (Fsp3) is 0.0588. The first-order chi connectivity index (χ1) is 10.1. The maximum Gasteiger partial charge on any atom is 0.128 e. The van der Waals surface area contributed by atoms with E-state index in [2.05, 4.69) is 50.1 Å². The van der Waals surface area contributed by atoms with Crippen LogP contribution in [0.1, 0.15) is 5.56 Å². The van der Waals surface area contributed by atoms with Gasteiger partial charge in [-0.2, -0.15) is 0 Å². The molecule has 0 fully saturated rings. The first kappa shape index (κ1) is 14.6. The van der Waals surface area contributed by atoms with Gasteiger partial charge in [0.1, 0.15) is 11.5 Å². The summed E-state index contributed by atoms with van der Waals surface area (Å²) in [5, 5.41) is 2.32. The van der Waals surface area contributed by atoms with Gasteiger partial charge < -0.3 is 10.5 Å². The largest absolute Gasteiger partial charge is 0.457 e. The maximum atomic E-state index is 5.94. The van der Waals surface area contributed by atoms with Gasteiger partial charge in [-0.25, -0.2) is 0 Å². The molecule has 0 heterocycles. The highest BCUT2D eigenvalue weighted by molar-refractivity contribution is 9.10. The first-order valence-electron chi connectivity index (χ1n) is 6.51. The quantitative estimate of drug-likeness (QED) is 0.612. The molecule has 0 saturated heterocycles. The Bertz CT molecular complexity index is 802. The molecule has 0 aromatic heterocycles. The summed E-state index contributed by atoms with van der Waals surface area (Å²) in [6.45, 7) is 0.488. The smallest absolute Gasteiger partial charge is 0.128 e. The average Bonchev–Trinajstić information content (AvgIpc) is 2.47. The van der Waals surface area contributed by atoms with E-state index in [1.165, 1.54) is 5.39 Å². The molecule has 0 spiro atoms. The van der Waals surface area contributed by atoms with Crippen molar-refractivity contribution in [2.24, 2.45) is 5.73 Å². The zero-order valence-electron chi connectivity index (χ0n) is 11.1. The molecule has 3 aromatic rings. The molecule has 0 aliphatic heterocycles. The Morgan fingerprint density at radius 2 is 1.52 bits per heavy atom. The molecular weight excluding hydrogens is 394 g/mol. The minimum absolute atomic E-state index is 0.488. The molecule has 3 rings (SSSR count). The molecule has 0 amide bonds. The molecule has 2 nitrogen and oxygen atoms in total. The number of nitrogens with two attached hydrogens (primary N) is 1. The topological polar surface area (TPSA) is 35.2 Å². The van der Waals surface area contributed by atoms with E-state index in [1.54, 1.807) is 0 Å². The summed E-state index contributed by atoms with van der Waals surface area (Å²) in [4.78, 5) is 0. The third-order valence-corrected chi connectivity index (χ3v) is 4.13. The van der Waals surface area contributed by atoms with Gasteiger partial charge in [0.15, 0.2) is 0 Å². The number of fused-ring (bicyclic) bond motifs is 1. The van der Waals surface area contributed by atoms with Crippen molar-refractivity contribution < 1.29 is 4.74 Å². The van der Waals surface area contributed by atoms with E-state index in [4.69, 9.17) is 10.5 Å². The fourth-order valence-electron chi connectivity index (χ4n) is 2.19. The van der Waals surface area contributed by atoms with Crippen LogP contribution in [0.25, 0.3) is 10.8 Å². The molecule has 0 bridgehead atoms. The highest BCUT2D eigenvalue weighted by Crippen LogP contribution is 2.29. The Kier molecular flexibility index (Phi) is 4.29. The van der Waals surface area contributed by atoms with Crippen LogP contribution in [0.15, 0.2) is 63.5 Å². The summed E-state index contributed by atoms with van der Waals surface area (Å²) in [5.74, 6) is 1.59. The fourth-order valence-corrected chi connectivity index (χ4v) is 3.09. The highest BCUT2D eigenvalue weighted by Gasteiger charge is 2.03. The summed E-state index contributed by atoms with van der Waals surface area (Å²) in [6, 6.07) is 18.1. The molecule has 0 saturated carbocycles. The molecule has 0 aliphatic rings. The molecule has 106 valence electrons. The molecule has 21 heavy (non-hydrogen) atoms. The van der Waals surface area contributed by atoms with Gasteiger partial charge >= 0.3 is 0 Å². The van der Waals surface area contributed by atoms with Crippen LogP contribution in [0.5, 0.6) is 11.5 Å². The number of halogens is 2. The lowest BCUT2D eigenvalue weighted by atomic mass is 10.1. The van der Waals surface area contributed by atoms with Crippen molar-refractivity contribution in [3.63, 3.8) is 0 Å². The van der Waals surface area contributed by atoms with Crippen LogP contribution < -0.4 is 10.5 Å². The molecular formula is C17H13Br2NO. The van der Waals surface area contributed by atoms with Gasteiger partial charge in [0.2, 0.25) is 0 Å². The van der Waals surface area contributed by atoms with Crippen LogP contribution >= 0.6 is 31.9 Å². The molecule has 2 N–H and O–H groups in total. The van der Waals surface area contributed by atoms with Crippen molar-refractivity contribution in [2.75, 3.05) is 0 Å². The predicted molar refractivity (Wildman–Crippen MR) is 93.8 cm³/mol. The van der Waals surface area contributed by atoms with Crippen LogP contribution in [0.3, 0.4) is 0 Å². The predicted octanol–water partition coefficient (Wildman–Crippen LogP) is 5.62. The highest BCUT2D eigenvalue weighted by atomic mass is 79.9. The Labute approximate surface area is 140 Å². The molecule has 3 aromatic carbocycles. The van der Waals surface area contributed by atoms with Crippen LogP contribution in [0.4, 0.5) is 0 Å². The van der Waals surface area contributed by atoms with Crippen molar-refractivity contribution in [1.82, 2.24) is 0 Å². The average molecular weight is 407 g/mol. The van der Waals surface area contributed by atoms with Crippen molar-refractivity contribution in [1.29, 1.82) is 0 Å². The second kappa shape index (κ2) is 6.18. The molecule has 0 atom stereocenters. The molecule has 0 aliphatic carbocycles. The first-order valence-corrected chi connectivity index (χ1v) is 8.09. The Balaban J connectivity index is 1.94. The standard InChI is InChI=1S/C17H13Br2NO/c18-14-3-1-13-8-16(4-2-12(13)7-14)21-17-6-11(10-20)5-15(19)9-17/h1-9H,10,20H2. The van der Waals surface area contributed by atoms with Gasteiger partial charge in [-0.3, -0.25) is 0 Å². The Hall–Kier alpha value is -1.36. The van der Waals surface area contributed by atoms with Crippen molar-refractivity contribution >= 4 is 42.6 Å². The summed E-state index contributed by atoms with van der Waals surface area (Å²) in [6.07, 6.45) is 0. The minimum Gasteiger partial charge on any atom is -0.457 e. The van der Waals surface area contributed by atoms with Gasteiger partial charge in [0, 0.05) is 15.5 Å². The second-order valence-corrected chi connectivity index (χ2v) is 6.59. The summed E-state index contributed by atoms with van der Waals surface area (Å²) >= 11 is 6.95. The van der Waals surface area contributed by atoms with Crippen LogP contribution in [0, 0.1) is 0 Å². The van der Waals surface area contributed by atoms with Gasteiger partial charge in [0.25, 0.3) is 0 Å². The number of benzene rings is 3. The normalized spacial score (nSPS) is 10.8. The zero-order chi connectivity index (χ0) is 14.8. The van der Waals surface area contributed by atoms with Crippen molar-refractivity contribution in [2.45, 2.75) is 6.54 Å². The monoisotopic (exact) mass is 405 g/mol. The van der Waals surface area contributed by atoms with E-state index < -0.39 is 0 Å². The summed E-state index contributed by atoms with van der Waals surface area (Å²) in [7, 11) is 0. The molecule has 4 heteroatoms. The maximum absolute atomic E-state index is 5.94. The summed E-state index contributed by atoms with van der Waals surface area (Å²) in [5.41, 5.74) is 6.72. The number of hydrogen-bond acceptors (Lipinski definition) is 2. The van der Waals surface area contributed by atoms with E-state index in [-0.39, 0.29) is 0 Å². The minimum atomic E-state index is 0.488. The van der Waals surface area contributed by atoms with E-state index in [1.807, 2.05) is 36.4 Å². The van der Waals surface area contributed by atoms with Gasteiger partial charge in [-0.15, -0.1) is 0 Å². The number of hydrogen-bond donors (Lipinski definition) is 1. The van der Waals surface area contributed by atoms with E-state index in [9.17, 15) is 0 Å². The van der Waals surface area contributed by atoms with E-state index >= 15 is 0 Å². The van der Waals surface area contributed by atoms with Gasteiger partial charge in [-0.1, -0.05) is 44.0 Å². The van der Waals surface area contributed by atoms with Gasteiger partial charge in [-0.05, 0) is 58.8 Å². The summed E-state index contributed by atoms with van der Waals surface area (Å²) < 4.78 is 7.98. The lowest BCUT2D eigenvalue weighted by Gasteiger charge is -2.09. The SMILES string of the molecule is NCc1cc(Br)cc(Oc2ccc3cc(Br)ccc3c2)c1. The Morgan fingerprint density at radius 3 is 2.33 bits per heavy atom. The lowest BCUT2D eigenvalue weighted by molar-refractivity contribution is 0.482.